The van der Waals surface area contributed by atoms with Crippen LogP contribution in [0.25, 0.3) is 0 Å². The summed E-state index contributed by atoms with van der Waals surface area (Å²) in [6, 6.07) is 0. The van der Waals surface area contributed by atoms with Crippen LogP contribution in [0, 0.1) is 0 Å². The van der Waals surface area contributed by atoms with Gasteiger partial charge in [-0.2, -0.15) is 0 Å². The minimum atomic E-state index is -2.26. The van der Waals surface area contributed by atoms with Crippen molar-refractivity contribution >= 4 is 8.56 Å². The minimum Gasteiger partial charge on any atom is -0.394 e. The van der Waals surface area contributed by atoms with Gasteiger partial charge in [-0.05, 0) is 78.6 Å². The molecule has 3 aliphatic rings. The monoisotopic (exact) mass is 369 g/mol. The second kappa shape index (κ2) is 9.81. The van der Waals surface area contributed by atoms with Gasteiger partial charge < -0.3 is 19.5 Å². The van der Waals surface area contributed by atoms with Gasteiger partial charge in [-0.15, -0.1) is 0 Å². The van der Waals surface area contributed by atoms with Crippen LogP contribution >= 0.6 is 0 Å². The van der Waals surface area contributed by atoms with E-state index in [1.54, 1.807) is 0 Å². The number of likely N-dealkylation sites (tertiary alicyclic amines) is 1. The van der Waals surface area contributed by atoms with Gasteiger partial charge in [-0.3, -0.25) is 4.90 Å². The fourth-order valence-electron chi connectivity index (χ4n) is 5.09. The molecule has 146 valence electrons. The molecule has 1 unspecified atom stereocenters. The topological polar surface area (TPSA) is 45.8 Å². The quantitative estimate of drug-likeness (QED) is 0.676. The molecule has 0 bridgehead atoms. The van der Waals surface area contributed by atoms with Crippen LogP contribution in [-0.4, -0.2) is 65.6 Å². The van der Waals surface area contributed by atoms with E-state index in [4.69, 9.17) is 8.85 Å². The van der Waals surface area contributed by atoms with Crippen LogP contribution < -0.4 is 10.6 Å². The standard InChI is InChI=1S/C19H39N3O2Si/c1-3-23-25(18-7-11-20-12-8-18,19-9-13-21-14-10-19)24-17(2)22-15-5-4-6-16-22/h17-21H,3-16H2,1-2H3. The average Bonchev–Trinajstić information content (AvgIpc) is 2.69. The first-order valence-corrected chi connectivity index (χ1v) is 12.7. The summed E-state index contributed by atoms with van der Waals surface area (Å²) in [6.07, 6.45) is 9.12. The summed E-state index contributed by atoms with van der Waals surface area (Å²) in [4.78, 5) is 2.56. The smallest absolute Gasteiger partial charge is 0.345 e. The molecule has 1 atom stereocenters. The van der Waals surface area contributed by atoms with E-state index in [1.807, 2.05) is 0 Å². The first-order valence-electron chi connectivity index (χ1n) is 10.7. The summed E-state index contributed by atoms with van der Waals surface area (Å²) in [5, 5.41) is 7.07. The van der Waals surface area contributed by atoms with Crippen LogP contribution in [0.5, 0.6) is 0 Å². The van der Waals surface area contributed by atoms with Gasteiger partial charge >= 0.3 is 8.56 Å². The zero-order chi connectivity index (χ0) is 17.5. The number of hydrogen-bond donors (Lipinski definition) is 2. The normalized spacial score (nSPS) is 26.6. The molecule has 3 aliphatic heterocycles. The van der Waals surface area contributed by atoms with Crippen molar-refractivity contribution in [3.05, 3.63) is 0 Å². The van der Waals surface area contributed by atoms with E-state index in [2.05, 4.69) is 29.4 Å². The molecule has 25 heavy (non-hydrogen) atoms. The lowest BCUT2D eigenvalue weighted by Crippen LogP contribution is -2.59. The molecule has 0 aromatic heterocycles. The molecule has 5 nitrogen and oxygen atoms in total. The maximum Gasteiger partial charge on any atom is 0.345 e. The highest BCUT2D eigenvalue weighted by molar-refractivity contribution is 6.70. The molecule has 0 aromatic carbocycles. The van der Waals surface area contributed by atoms with Crippen LogP contribution in [0.1, 0.15) is 58.8 Å². The van der Waals surface area contributed by atoms with Crippen molar-refractivity contribution in [2.75, 3.05) is 45.9 Å². The van der Waals surface area contributed by atoms with Crippen LogP contribution in [-0.2, 0) is 8.85 Å². The van der Waals surface area contributed by atoms with Crippen LogP contribution in [0.15, 0.2) is 0 Å². The molecule has 0 aromatic rings. The molecule has 3 fully saturated rings. The lowest BCUT2D eigenvalue weighted by molar-refractivity contribution is -0.0134. The molecule has 6 heteroatoms. The highest BCUT2D eigenvalue weighted by Crippen LogP contribution is 2.45. The number of hydrogen-bond acceptors (Lipinski definition) is 5. The maximum absolute atomic E-state index is 7.08. The number of nitrogens with zero attached hydrogens (tertiary/aromatic N) is 1. The Labute approximate surface area is 155 Å². The summed E-state index contributed by atoms with van der Waals surface area (Å²) in [5.74, 6) is 0. The molecule has 2 N–H and O–H groups in total. The zero-order valence-electron chi connectivity index (χ0n) is 16.4. The first kappa shape index (κ1) is 19.8. The number of piperidine rings is 3. The predicted octanol–water partition coefficient (Wildman–Crippen LogP) is 2.82. The van der Waals surface area contributed by atoms with Crippen molar-refractivity contribution in [2.24, 2.45) is 0 Å². The van der Waals surface area contributed by atoms with Gasteiger partial charge in [-0.25, -0.2) is 0 Å². The maximum atomic E-state index is 7.08. The average molecular weight is 370 g/mol. The molecule has 3 heterocycles. The molecular weight excluding hydrogens is 330 g/mol. The third-order valence-electron chi connectivity index (χ3n) is 6.45. The lowest BCUT2D eigenvalue weighted by atomic mass is 10.1. The summed E-state index contributed by atoms with van der Waals surface area (Å²) < 4.78 is 13.8. The van der Waals surface area contributed by atoms with Gasteiger partial charge in [0.2, 0.25) is 0 Å². The Kier molecular flexibility index (Phi) is 7.76. The van der Waals surface area contributed by atoms with E-state index in [9.17, 15) is 0 Å². The van der Waals surface area contributed by atoms with E-state index >= 15 is 0 Å². The van der Waals surface area contributed by atoms with E-state index < -0.39 is 8.56 Å². The molecule has 3 rings (SSSR count). The summed E-state index contributed by atoms with van der Waals surface area (Å²) >= 11 is 0. The highest BCUT2D eigenvalue weighted by Gasteiger charge is 2.53. The van der Waals surface area contributed by atoms with Crippen LogP contribution in [0.2, 0.25) is 11.1 Å². The summed E-state index contributed by atoms with van der Waals surface area (Å²) in [6.45, 7) is 12.1. The van der Waals surface area contributed by atoms with E-state index in [0.29, 0.717) is 11.1 Å². The Morgan fingerprint density at radius 1 is 0.920 bits per heavy atom. The predicted molar refractivity (Wildman–Crippen MR) is 105 cm³/mol. The Hall–Kier alpha value is 0.0169. The van der Waals surface area contributed by atoms with Gasteiger partial charge in [0, 0.05) is 30.8 Å². The van der Waals surface area contributed by atoms with Crippen molar-refractivity contribution in [3.63, 3.8) is 0 Å². The van der Waals surface area contributed by atoms with Gasteiger partial charge in [0.15, 0.2) is 0 Å². The SMILES string of the molecule is CCO[Si](OC(C)N1CCCCC1)(C1CCNCC1)C1CCNCC1. The fourth-order valence-corrected chi connectivity index (χ4v) is 10.0. The summed E-state index contributed by atoms with van der Waals surface area (Å²) in [5.41, 5.74) is 1.29. The highest BCUT2D eigenvalue weighted by atomic mass is 28.4. The third-order valence-corrected chi connectivity index (χ3v) is 11.3. The number of rotatable bonds is 7. The minimum absolute atomic E-state index is 0.211. The molecule has 0 radical (unpaired) electrons. The van der Waals surface area contributed by atoms with Gasteiger partial charge in [0.1, 0.15) is 0 Å². The van der Waals surface area contributed by atoms with Crippen molar-refractivity contribution in [3.8, 4) is 0 Å². The van der Waals surface area contributed by atoms with Gasteiger partial charge in [0.25, 0.3) is 0 Å². The molecule has 3 saturated heterocycles. The second-order valence-corrected chi connectivity index (χ2v) is 11.6. The van der Waals surface area contributed by atoms with Gasteiger partial charge in [0.05, 0.1) is 6.23 Å². The number of nitrogens with one attached hydrogen (secondary N) is 2. The van der Waals surface area contributed by atoms with Crippen molar-refractivity contribution < 1.29 is 8.85 Å². The largest absolute Gasteiger partial charge is 0.394 e. The van der Waals surface area contributed by atoms with Crippen LogP contribution in [0.4, 0.5) is 0 Å². The zero-order valence-corrected chi connectivity index (χ0v) is 17.4. The van der Waals surface area contributed by atoms with E-state index in [1.165, 1.54) is 58.0 Å². The Morgan fingerprint density at radius 3 is 1.92 bits per heavy atom. The molecule has 0 aliphatic carbocycles. The van der Waals surface area contributed by atoms with Crippen LogP contribution in [0.3, 0.4) is 0 Å². The van der Waals surface area contributed by atoms with Crippen molar-refractivity contribution in [1.29, 1.82) is 0 Å². The van der Waals surface area contributed by atoms with Gasteiger partial charge in [-0.1, -0.05) is 6.42 Å². The summed E-state index contributed by atoms with van der Waals surface area (Å²) in [7, 11) is -2.26. The van der Waals surface area contributed by atoms with Crippen molar-refractivity contribution in [1.82, 2.24) is 15.5 Å². The molecule has 0 amide bonds. The Morgan fingerprint density at radius 2 is 1.44 bits per heavy atom. The Balaban J connectivity index is 1.79. The molecule has 0 spiro atoms. The third kappa shape index (κ3) is 4.85. The fraction of sp³-hybridized carbons (Fsp3) is 1.00. The first-order chi connectivity index (χ1) is 12.3. The van der Waals surface area contributed by atoms with Crippen molar-refractivity contribution in [2.45, 2.75) is 76.1 Å². The molecule has 0 saturated carbocycles. The lowest BCUT2D eigenvalue weighted by Gasteiger charge is -2.48. The Bertz CT molecular complexity index is 363. The second-order valence-electron chi connectivity index (χ2n) is 8.02. The molecular formula is C19H39N3O2Si. The van der Waals surface area contributed by atoms with E-state index in [-0.39, 0.29) is 6.23 Å². The van der Waals surface area contributed by atoms with E-state index in [0.717, 1.165) is 32.8 Å².